The van der Waals surface area contributed by atoms with Crippen LogP contribution in [0.15, 0.2) is 54.6 Å². The number of benzene rings is 2. The van der Waals surface area contributed by atoms with Gasteiger partial charge in [0.15, 0.2) is 0 Å². The summed E-state index contributed by atoms with van der Waals surface area (Å²) in [6.07, 6.45) is 1.19. The first-order valence-electron chi connectivity index (χ1n) is 9.33. The fraction of sp³-hybridized carbons (Fsp3) is 0.364. The molecule has 2 amide bonds. The Morgan fingerprint density at radius 3 is 2.41 bits per heavy atom. The molecule has 1 N–H and O–H groups in total. The largest absolute Gasteiger partial charge is 0.331 e. The van der Waals surface area contributed by atoms with Crippen LogP contribution in [-0.2, 0) is 16.0 Å². The van der Waals surface area contributed by atoms with Crippen LogP contribution in [-0.4, -0.2) is 29.3 Å². The Morgan fingerprint density at radius 2 is 1.78 bits per heavy atom. The van der Waals surface area contributed by atoms with Gasteiger partial charge in [0.2, 0.25) is 11.8 Å². The first kappa shape index (κ1) is 20.6. The van der Waals surface area contributed by atoms with Gasteiger partial charge in [0.25, 0.3) is 0 Å². The van der Waals surface area contributed by atoms with Crippen LogP contribution < -0.4 is 5.32 Å². The average molecular weight is 370 g/mol. The van der Waals surface area contributed by atoms with Gasteiger partial charge >= 0.3 is 0 Å². The van der Waals surface area contributed by atoms with Gasteiger partial charge in [0.05, 0.1) is 0 Å². The zero-order valence-electron chi connectivity index (χ0n) is 16.1. The van der Waals surface area contributed by atoms with E-state index in [1.54, 1.807) is 17.9 Å². The number of rotatable bonds is 8. The van der Waals surface area contributed by atoms with Crippen molar-refractivity contribution in [2.24, 2.45) is 5.92 Å². The predicted molar refractivity (Wildman–Crippen MR) is 106 cm³/mol. The topological polar surface area (TPSA) is 49.4 Å². The molecule has 144 valence electrons. The normalized spacial score (nSPS) is 12.9. The second kappa shape index (κ2) is 9.86. The van der Waals surface area contributed by atoms with E-state index in [0.29, 0.717) is 18.7 Å². The summed E-state index contributed by atoms with van der Waals surface area (Å²) < 4.78 is 13.4. The van der Waals surface area contributed by atoms with Crippen molar-refractivity contribution in [3.63, 3.8) is 0 Å². The van der Waals surface area contributed by atoms with Crippen molar-refractivity contribution < 1.29 is 14.0 Å². The number of hydrogen-bond acceptors (Lipinski definition) is 2. The van der Waals surface area contributed by atoms with Crippen LogP contribution in [0.4, 0.5) is 10.1 Å². The van der Waals surface area contributed by atoms with Gasteiger partial charge in [0.1, 0.15) is 11.9 Å². The molecule has 0 aliphatic heterocycles. The monoisotopic (exact) mass is 370 g/mol. The van der Waals surface area contributed by atoms with Gasteiger partial charge in [-0.1, -0.05) is 44.2 Å². The molecule has 4 nitrogen and oxygen atoms in total. The van der Waals surface area contributed by atoms with E-state index in [1.807, 2.05) is 50.2 Å². The van der Waals surface area contributed by atoms with E-state index in [2.05, 4.69) is 5.32 Å². The van der Waals surface area contributed by atoms with Gasteiger partial charge < -0.3 is 10.2 Å². The lowest BCUT2D eigenvalue weighted by molar-refractivity contribution is -0.141. The SMILES string of the molecule is CCCN(C(=O)C(C)Cc1cccc(F)c1)C(C)C(=O)Nc1ccccc1. The molecule has 2 rings (SSSR count). The lowest BCUT2D eigenvalue weighted by atomic mass is 9.98. The summed E-state index contributed by atoms with van der Waals surface area (Å²) >= 11 is 0. The first-order valence-corrected chi connectivity index (χ1v) is 9.33. The third-order valence-corrected chi connectivity index (χ3v) is 4.49. The van der Waals surface area contributed by atoms with E-state index in [0.717, 1.165) is 12.0 Å². The molecule has 0 aromatic heterocycles. The zero-order chi connectivity index (χ0) is 19.8. The Balaban J connectivity index is 2.07. The Morgan fingerprint density at radius 1 is 1.07 bits per heavy atom. The van der Waals surface area contributed by atoms with Crippen LogP contribution in [0, 0.1) is 11.7 Å². The van der Waals surface area contributed by atoms with E-state index < -0.39 is 6.04 Å². The van der Waals surface area contributed by atoms with Crippen molar-refractivity contribution in [3.8, 4) is 0 Å². The highest BCUT2D eigenvalue weighted by Gasteiger charge is 2.28. The van der Waals surface area contributed by atoms with Gasteiger partial charge in [-0.2, -0.15) is 0 Å². The Labute approximate surface area is 160 Å². The molecular weight excluding hydrogens is 343 g/mol. The minimum absolute atomic E-state index is 0.100. The van der Waals surface area contributed by atoms with Gasteiger partial charge in [-0.25, -0.2) is 4.39 Å². The highest BCUT2D eigenvalue weighted by Crippen LogP contribution is 2.16. The Kier molecular flexibility index (Phi) is 7.53. The highest BCUT2D eigenvalue weighted by molar-refractivity contribution is 5.97. The van der Waals surface area contributed by atoms with E-state index in [-0.39, 0.29) is 23.5 Å². The van der Waals surface area contributed by atoms with Crippen molar-refractivity contribution in [2.75, 3.05) is 11.9 Å². The van der Waals surface area contributed by atoms with Crippen molar-refractivity contribution in [2.45, 2.75) is 39.7 Å². The maximum atomic E-state index is 13.4. The molecular formula is C22H27FN2O2. The maximum Gasteiger partial charge on any atom is 0.246 e. The van der Waals surface area contributed by atoms with Crippen molar-refractivity contribution in [1.82, 2.24) is 4.90 Å². The maximum absolute atomic E-state index is 13.4. The minimum atomic E-state index is -0.590. The molecule has 0 bridgehead atoms. The molecule has 0 aliphatic rings. The molecule has 2 unspecified atom stereocenters. The molecule has 0 radical (unpaired) electrons. The number of anilines is 1. The van der Waals surface area contributed by atoms with Crippen LogP contribution in [0.1, 0.15) is 32.8 Å². The fourth-order valence-electron chi connectivity index (χ4n) is 3.03. The molecule has 0 fully saturated rings. The van der Waals surface area contributed by atoms with Crippen LogP contribution in [0.2, 0.25) is 0 Å². The molecule has 0 saturated heterocycles. The predicted octanol–water partition coefficient (Wildman–Crippen LogP) is 4.27. The lowest BCUT2D eigenvalue weighted by Gasteiger charge is -2.30. The van der Waals surface area contributed by atoms with E-state index in [4.69, 9.17) is 0 Å². The standard InChI is InChI=1S/C22H27FN2O2/c1-4-13-25(17(3)21(26)24-20-11-6-5-7-12-20)22(27)16(2)14-18-9-8-10-19(23)15-18/h5-12,15-17H,4,13-14H2,1-3H3,(H,24,26). The van der Waals surface area contributed by atoms with Crippen LogP contribution in [0.25, 0.3) is 0 Å². The number of amides is 2. The molecule has 27 heavy (non-hydrogen) atoms. The highest BCUT2D eigenvalue weighted by atomic mass is 19.1. The summed E-state index contributed by atoms with van der Waals surface area (Å²) in [6.45, 7) is 6.02. The van der Waals surface area contributed by atoms with Crippen LogP contribution in [0.5, 0.6) is 0 Å². The summed E-state index contributed by atoms with van der Waals surface area (Å²) in [5.41, 5.74) is 1.47. The van der Waals surface area contributed by atoms with Crippen LogP contribution in [0.3, 0.4) is 0 Å². The second-order valence-electron chi connectivity index (χ2n) is 6.80. The third kappa shape index (κ3) is 5.91. The average Bonchev–Trinajstić information content (AvgIpc) is 2.65. The summed E-state index contributed by atoms with van der Waals surface area (Å²) in [4.78, 5) is 27.2. The van der Waals surface area contributed by atoms with E-state index in [9.17, 15) is 14.0 Å². The molecule has 0 saturated carbocycles. The number of nitrogens with one attached hydrogen (secondary N) is 1. The molecule has 5 heteroatoms. The number of hydrogen-bond donors (Lipinski definition) is 1. The zero-order valence-corrected chi connectivity index (χ0v) is 16.1. The second-order valence-corrected chi connectivity index (χ2v) is 6.80. The van der Waals surface area contributed by atoms with Crippen molar-refractivity contribution >= 4 is 17.5 Å². The van der Waals surface area contributed by atoms with Gasteiger partial charge in [0, 0.05) is 18.2 Å². The quantitative estimate of drug-likeness (QED) is 0.754. The molecule has 2 aromatic carbocycles. The minimum Gasteiger partial charge on any atom is -0.331 e. The first-order chi connectivity index (χ1) is 12.9. The van der Waals surface area contributed by atoms with E-state index >= 15 is 0 Å². The molecule has 0 aliphatic carbocycles. The summed E-state index contributed by atoms with van der Waals surface area (Å²) in [5, 5.41) is 2.85. The summed E-state index contributed by atoms with van der Waals surface area (Å²) in [6, 6.07) is 14.9. The smallest absolute Gasteiger partial charge is 0.246 e. The molecule has 2 aromatic rings. The molecule has 2 atom stereocenters. The Hall–Kier alpha value is -2.69. The fourth-order valence-corrected chi connectivity index (χ4v) is 3.03. The number of para-hydroxylation sites is 1. The Bertz CT molecular complexity index is 764. The van der Waals surface area contributed by atoms with Gasteiger partial charge in [-0.3, -0.25) is 9.59 Å². The summed E-state index contributed by atoms with van der Waals surface area (Å²) in [5.74, 6) is -0.976. The number of nitrogens with zero attached hydrogens (tertiary/aromatic N) is 1. The van der Waals surface area contributed by atoms with Crippen molar-refractivity contribution in [3.05, 3.63) is 66.0 Å². The number of halogens is 1. The molecule has 0 spiro atoms. The van der Waals surface area contributed by atoms with Gasteiger partial charge in [-0.15, -0.1) is 0 Å². The number of carbonyl (C=O) groups excluding carboxylic acids is 2. The summed E-state index contributed by atoms with van der Waals surface area (Å²) in [7, 11) is 0. The number of carbonyl (C=O) groups is 2. The lowest BCUT2D eigenvalue weighted by Crippen LogP contribution is -2.48. The third-order valence-electron chi connectivity index (χ3n) is 4.49. The van der Waals surface area contributed by atoms with Gasteiger partial charge in [-0.05, 0) is 49.6 Å². The van der Waals surface area contributed by atoms with Crippen molar-refractivity contribution in [1.29, 1.82) is 0 Å². The van der Waals surface area contributed by atoms with Crippen LogP contribution >= 0.6 is 0 Å². The molecule has 0 heterocycles. The van der Waals surface area contributed by atoms with E-state index in [1.165, 1.54) is 12.1 Å².